The highest BCUT2D eigenvalue weighted by molar-refractivity contribution is 14.1. The Morgan fingerprint density at radius 1 is 1.21 bits per heavy atom. The lowest BCUT2D eigenvalue weighted by atomic mass is 10.1. The minimum absolute atomic E-state index is 0.203. The molecule has 0 aliphatic carbocycles. The number of carbonyl (C=O) groups is 1. The second-order valence-electron chi connectivity index (χ2n) is 4.13. The normalized spacial score (nSPS) is 10.2. The van der Waals surface area contributed by atoms with Crippen molar-refractivity contribution in [2.24, 2.45) is 0 Å². The number of hydrogen-bond donors (Lipinski definition) is 1. The van der Waals surface area contributed by atoms with Crippen molar-refractivity contribution in [1.82, 2.24) is 0 Å². The van der Waals surface area contributed by atoms with E-state index in [0.29, 0.717) is 12.4 Å². The monoisotopic (exact) mass is 368 g/mol. The van der Waals surface area contributed by atoms with Crippen molar-refractivity contribution in [3.05, 3.63) is 62.7 Å². The molecule has 0 unspecified atom stereocenters. The smallest absolute Gasteiger partial charge is 0.339 e. The highest BCUT2D eigenvalue weighted by atomic mass is 127. The van der Waals surface area contributed by atoms with Gasteiger partial charge >= 0.3 is 5.97 Å². The zero-order valence-electron chi connectivity index (χ0n) is 10.4. The molecular weight excluding hydrogens is 355 g/mol. The highest BCUT2D eigenvalue weighted by Crippen LogP contribution is 2.28. The van der Waals surface area contributed by atoms with Gasteiger partial charge in [0.15, 0.2) is 0 Å². The molecule has 0 radical (unpaired) electrons. The molecule has 2 aromatic rings. The van der Waals surface area contributed by atoms with Crippen LogP contribution in [0.25, 0.3) is 0 Å². The van der Waals surface area contributed by atoms with Crippen LogP contribution in [0.15, 0.2) is 42.5 Å². The number of aromatic carboxylic acids is 1. The molecule has 0 amide bonds. The van der Waals surface area contributed by atoms with Gasteiger partial charge in [-0.1, -0.05) is 30.3 Å². The van der Waals surface area contributed by atoms with Gasteiger partial charge in [-0.2, -0.15) is 0 Å². The summed E-state index contributed by atoms with van der Waals surface area (Å²) in [5, 5.41) is 9.20. The number of carboxylic acid groups (broad SMARTS) is 1. The van der Waals surface area contributed by atoms with E-state index in [9.17, 15) is 9.90 Å². The molecule has 0 saturated heterocycles. The van der Waals surface area contributed by atoms with Crippen LogP contribution in [0.2, 0.25) is 0 Å². The molecule has 2 aromatic carbocycles. The topological polar surface area (TPSA) is 46.5 Å². The van der Waals surface area contributed by atoms with Crippen LogP contribution < -0.4 is 4.74 Å². The van der Waals surface area contributed by atoms with Crippen LogP contribution in [-0.4, -0.2) is 11.1 Å². The van der Waals surface area contributed by atoms with Gasteiger partial charge in [0.05, 0.1) is 0 Å². The van der Waals surface area contributed by atoms with E-state index in [1.54, 1.807) is 12.1 Å². The van der Waals surface area contributed by atoms with Crippen molar-refractivity contribution in [3.8, 4) is 5.75 Å². The maximum atomic E-state index is 11.2. The lowest BCUT2D eigenvalue weighted by Crippen LogP contribution is -2.06. The molecule has 0 aliphatic heterocycles. The van der Waals surface area contributed by atoms with E-state index in [4.69, 9.17) is 4.74 Å². The number of ether oxygens (including phenoxy) is 1. The number of rotatable bonds is 4. The Morgan fingerprint density at radius 3 is 2.53 bits per heavy atom. The van der Waals surface area contributed by atoms with Crippen LogP contribution in [0.1, 0.15) is 21.5 Å². The zero-order chi connectivity index (χ0) is 13.8. The van der Waals surface area contributed by atoms with Crippen LogP contribution in [0.5, 0.6) is 5.75 Å². The predicted octanol–water partition coefficient (Wildman–Crippen LogP) is 3.88. The van der Waals surface area contributed by atoms with E-state index in [0.717, 1.165) is 14.7 Å². The van der Waals surface area contributed by atoms with Crippen LogP contribution in [0, 0.1) is 10.5 Å². The zero-order valence-corrected chi connectivity index (χ0v) is 12.5. The van der Waals surface area contributed by atoms with Gasteiger partial charge in [0.2, 0.25) is 0 Å². The lowest BCUT2D eigenvalue weighted by molar-refractivity contribution is 0.0691. The Balaban J connectivity index is 2.28. The number of carboxylic acids is 1. The van der Waals surface area contributed by atoms with E-state index < -0.39 is 5.97 Å². The first-order valence-corrected chi connectivity index (χ1v) is 6.86. The second-order valence-corrected chi connectivity index (χ2v) is 5.29. The predicted molar refractivity (Wildman–Crippen MR) is 81.6 cm³/mol. The molecule has 0 fully saturated rings. The summed E-state index contributed by atoms with van der Waals surface area (Å²) < 4.78 is 6.70. The SMILES string of the molecule is Cc1c(I)ccc(C(=O)O)c1OCc1ccccc1. The first kappa shape index (κ1) is 13.9. The summed E-state index contributed by atoms with van der Waals surface area (Å²) in [7, 11) is 0. The van der Waals surface area contributed by atoms with Crippen LogP contribution in [0.3, 0.4) is 0 Å². The first-order valence-electron chi connectivity index (χ1n) is 5.78. The lowest BCUT2D eigenvalue weighted by Gasteiger charge is -2.13. The van der Waals surface area contributed by atoms with E-state index in [1.807, 2.05) is 37.3 Å². The standard InChI is InChI=1S/C15H13IO3/c1-10-13(16)8-7-12(15(17)18)14(10)19-9-11-5-3-2-4-6-11/h2-8H,9H2,1H3,(H,17,18). The van der Waals surface area contributed by atoms with E-state index in [1.165, 1.54) is 0 Å². The Bertz CT molecular complexity index is 594. The summed E-state index contributed by atoms with van der Waals surface area (Å²) in [6.07, 6.45) is 0. The quantitative estimate of drug-likeness (QED) is 0.834. The summed E-state index contributed by atoms with van der Waals surface area (Å²) in [5.74, 6) is -0.522. The summed E-state index contributed by atoms with van der Waals surface area (Å²) in [6.45, 7) is 2.23. The molecule has 19 heavy (non-hydrogen) atoms. The minimum atomic E-state index is -0.970. The van der Waals surface area contributed by atoms with E-state index in [-0.39, 0.29) is 5.56 Å². The molecule has 0 spiro atoms. The van der Waals surface area contributed by atoms with Gasteiger partial charge in [0.1, 0.15) is 17.9 Å². The number of benzene rings is 2. The first-order chi connectivity index (χ1) is 9.09. The van der Waals surface area contributed by atoms with Crippen molar-refractivity contribution < 1.29 is 14.6 Å². The summed E-state index contributed by atoms with van der Waals surface area (Å²) in [6, 6.07) is 13.1. The van der Waals surface area contributed by atoms with Crippen LogP contribution in [0.4, 0.5) is 0 Å². The van der Waals surface area contributed by atoms with Gasteiger partial charge in [0, 0.05) is 9.13 Å². The summed E-state index contributed by atoms with van der Waals surface area (Å²) in [4.78, 5) is 11.2. The fourth-order valence-corrected chi connectivity index (χ4v) is 2.18. The molecule has 0 atom stereocenters. The molecule has 1 N–H and O–H groups in total. The molecule has 2 rings (SSSR count). The molecule has 4 heteroatoms. The van der Waals surface area contributed by atoms with E-state index >= 15 is 0 Å². The molecule has 0 aliphatic rings. The molecule has 0 saturated carbocycles. The van der Waals surface area contributed by atoms with Gasteiger partial charge in [0.25, 0.3) is 0 Å². The number of hydrogen-bond acceptors (Lipinski definition) is 2. The largest absolute Gasteiger partial charge is 0.488 e. The van der Waals surface area contributed by atoms with E-state index in [2.05, 4.69) is 22.6 Å². The Morgan fingerprint density at radius 2 is 1.89 bits per heavy atom. The fourth-order valence-electron chi connectivity index (χ4n) is 1.75. The average Bonchev–Trinajstić information content (AvgIpc) is 2.41. The average molecular weight is 368 g/mol. The van der Waals surface area contributed by atoms with Gasteiger partial charge in [-0.25, -0.2) is 4.79 Å². The summed E-state index contributed by atoms with van der Waals surface area (Å²) in [5.41, 5.74) is 2.07. The minimum Gasteiger partial charge on any atom is -0.488 e. The summed E-state index contributed by atoms with van der Waals surface area (Å²) >= 11 is 2.17. The highest BCUT2D eigenvalue weighted by Gasteiger charge is 2.15. The fraction of sp³-hybridized carbons (Fsp3) is 0.133. The van der Waals surface area contributed by atoms with Crippen molar-refractivity contribution in [1.29, 1.82) is 0 Å². The van der Waals surface area contributed by atoms with Crippen LogP contribution in [-0.2, 0) is 6.61 Å². The third-order valence-corrected chi connectivity index (χ3v) is 3.96. The van der Waals surface area contributed by atoms with Gasteiger partial charge in [-0.05, 0) is 47.2 Å². The third kappa shape index (κ3) is 3.26. The molecule has 0 heterocycles. The Hall–Kier alpha value is -1.56. The van der Waals surface area contributed by atoms with Crippen molar-refractivity contribution in [2.45, 2.75) is 13.5 Å². The second kappa shape index (κ2) is 6.06. The Labute approximate surface area is 125 Å². The van der Waals surface area contributed by atoms with Crippen molar-refractivity contribution in [3.63, 3.8) is 0 Å². The van der Waals surface area contributed by atoms with Crippen molar-refractivity contribution in [2.75, 3.05) is 0 Å². The number of halogens is 1. The van der Waals surface area contributed by atoms with Gasteiger partial charge in [-0.3, -0.25) is 0 Å². The van der Waals surface area contributed by atoms with Crippen LogP contribution >= 0.6 is 22.6 Å². The van der Waals surface area contributed by atoms with Gasteiger partial charge in [-0.15, -0.1) is 0 Å². The van der Waals surface area contributed by atoms with Crippen molar-refractivity contribution >= 4 is 28.6 Å². The molecule has 0 bridgehead atoms. The molecule has 3 nitrogen and oxygen atoms in total. The molecule has 98 valence electrons. The maximum absolute atomic E-state index is 11.2. The maximum Gasteiger partial charge on any atom is 0.339 e. The third-order valence-electron chi connectivity index (χ3n) is 2.80. The molecule has 0 aromatic heterocycles. The molecular formula is C15H13IO3. The van der Waals surface area contributed by atoms with Gasteiger partial charge < -0.3 is 9.84 Å². The Kier molecular flexibility index (Phi) is 4.42.